The van der Waals surface area contributed by atoms with Crippen LogP contribution in [0.25, 0.3) is 0 Å². The van der Waals surface area contributed by atoms with Gasteiger partial charge in [0, 0.05) is 17.1 Å². The monoisotopic (exact) mass is 325 g/mol. The highest BCUT2D eigenvalue weighted by atomic mass is 79.9. The van der Waals surface area contributed by atoms with Gasteiger partial charge in [-0.25, -0.2) is 0 Å². The van der Waals surface area contributed by atoms with E-state index in [0.29, 0.717) is 0 Å². The lowest BCUT2D eigenvalue weighted by Gasteiger charge is -2.29. The highest BCUT2D eigenvalue weighted by Gasteiger charge is 2.15. The number of hydrogen-bond donors (Lipinski definition) is 0. The van der Waals surface area contributed by atoms with Gasteiger partial charge in [0.05, 0.1) is 0 Å². The second-order valence-corrected chi connectivity index (χ2v) is 5.80. The zero-order chi connectivity index (χ0) is 13.8. The molecule has 0 aromatic heterocycles. The van der Waals surface area contributed by atoms with Gasteiger partial charge in [-0.1, -0.05) is 58.4 Å². The Balaban J connectivity index is 2.05. The molecule has 0 radical (unpaired) electrons. The van der Waals surface area contributed by atoms with Crippen LogP contribution in [0.2, 0.25) is 0 Å². The number of benzene rings is 2. The molecule has 2 heteroatoms. The highest BCUT2D eigenvalue weighted by molar-refractivity contribution is 9.11. The summed E-state index contributed by atoms with van der Waals surface area (Å²) < 4.78 is 1.27. The SMILES string of the molecule is BrC1=CC=C(N(c2ccccc2)c2ccccc2)CC1. The molecule has 0 unspecified atom stereocenters. The van der Waals surface area contributed by atoms with Crippen LogP contribution in [0.15, 0.2) is 83.0 Å². The van der Waals surface area contributed by atoms with Gasteiger partial charge in [0.2, 0.25) is 0 Å². The molecule has 0 heterocycles. The predicted molar refractivity (Wildman–Crippen MR) is 89.4 cm³/mol. The van der Waals surface area contributed by atoms with Crippen LogP contribution in [0.4, 0.5) is 11.4 Å². The van der Waals surface area contributed by atoms with E-state index in [1.807, 2.05) is 0 Å². The first-order chi connectivity index (χ1) is 9.84. The lowest BCUT2D eigenvalue weighted by Crippen LogP contribution is -2.17. The molecule has 0 fully saturated rings. The van der Waals surface area contributed by atoms with Crippen molar-refractivity contribution in [1.29, 1.82) is 0 Å². The minimum Gasteiger partial charge on any atom is -0.314 e. The van der Waals surface area contributed by atoms with Crippen LogP contribution in [0.1, 0.15) is 12.8 Å². The van der Waals surface area contributed by atoms with Crippen molar-refractivity contribution in [3.63, 3.8) is 0 Å². The second kappa shape index (κ2) is 6.10. The fourth-order valence-corrected chi connectivity index (χ4v) is 2.75. The van der Waals surface area contributed by atoms with E-state index in [4.69, 9.17) is 0 Å². The molecule has 100 valence electrons. The topological polar surface area (TPSA) is 3.24 Å². The first-order valence-electron chi connectivity index (χ1n) is 6.80. The first-order valence-corrected chi connectivity index (χ1v) is 7.59. The van der Waals surface area contributed by atoms with Crippen LogP contribution in [0, 0.1) is 0 Å². The van der Waals surface area contributed by atoms with Gasteiger partial charge in [0.1, 0.15) is 0 Å². The van der Waals surface area contributed by atoms with E-state index in [1.165, 1.54) is 21.6 Å². The van der Waals surface area contributed by atoms with E-state index in [9.17, 15) is 0 Å². The molecule has 0 saturated carbocycles. The van der Waals surface area contributed by atoms with Crippen LogP contribution in [-0.4, -0.2) is 0 Å². The fraction of sp³-hybridized carbons (Fsp3) is 0.111. The molecule has 0 amide bonds. The Labute approximate surface area is 128 Å². The molecule has 0 aliphatic heterocycles. The molecule has 3 rings (SSSR count). The normalized spacial score (nSPS) is 14.4. The number of halogens is 1. The summed E-state index contributed by atoms with van der Waals surface area (Å²) in [4.78, 5) is 2.33. The second-order valence-electron chi connectivity index (χ2n) is 4.78. The minimum atomic E-state index is 1.04. The van der Waals surface area contributed by atoms with E-state index in [1.54, 1.807) is 0 Å². The van der Waals surface area contributed by atoms with E-state index in [-0.39, 0.29) is 0 Å². The van der Waals surface area contributed by atoms with Gasteiger partial charge >= 0.3 is 0 Å². The molecule has 1 nitrogen and oxygen atoms in total. The standard InChI is InChI=1S/C18H16BrN/c19-15-11-13-18(14-12-15)20(16-7-3-1-4-8-16)17-9-5-2-6-10-17/h1-11,13H,12,14H2. The van der Waals surface area contributed by atoms with Crippen molar-refractivity contribution in [3.8, 4) is 0 Å². The number of rotatable bonds is 3. The minimum absolute atomic E-state index is 1.04. The van der Waals surface area contributed by atoms with Crippen LogP contribution >= 0.6 is 15.9 Å². The van der Waals surface area contributed by atoms with Crippen molar-refractivity contribution in [2.24, 2.45) is 0 Å². The highest BCUT2D eigenvalue weighted by Crippen LogP contribution is 2.34. The Morgan fingerprint density at radius 1 is 0.700 bits per heavy atom. The summed E-state index contributed by atoms with van der Waals surface area (Å²) in [7, 11) is 0. The summed E-state index contributed by atoms with van der Waals surface area (Å²) in [6, 6.07) is 21.1. The molecule has 0 bridgehead atoms. The van der Waals surface area contributed by atoms with Crippen molar-refractivity contribution in [3.05, 3.63) is 83.0 Å². The van der Waals surface area contributed by atoms with Gasteiger partial charge in [0.25, 0.3) is 0 Å². The number of allylic oxidation sites excluding steroid dienone is 4. The average Bonchev–Trinajstić information content (AvgIpc) is 2.52. The molecule has 1 aliphatic rings. The number of anilines is 2. The molecule has 20 heavy (non-hydrogen) atoms. The number of para-hydroxylation sites is 2. The maximum absolute atomic E-state index is 3.58. The van der Waals surface area contributed by atoms with E-state index >= 15 is 0 Å². The number of hydrogen-bond acceptors (Lipinski definition) is 1. The van der Waals surface area contributed by atoms with Crippen LogP contribution in [0.5, 0.6) is 0 Å². The smallest absolute Gasteiger partial charge is 0.0458 e. The largest absolute Gasteiger partial charge is 0.314 e. The zero-order valence-electron chi connectivity index (χ0n) is 11.2. The van der Waals surface area contributed by atoms with Crippen molar-refractivity contribution in [2.75, 3.05) is 4.90 Å². The maximum Gasteiger partial charge on any atom is 0.0458 e. The van der Waals surface area contributed by atoms with Crippen molar-refractivity contribution >= 4 is 27.3 Å². The Kier molecular flexibility index (Phi) is 4.03. The summed E-state index contributed by atoms with van der Waals surface area (Å²) in [5.74, 6) is 0. The molecule has 2 aromatic rings. The molecule has 0 saturated heterocycles. The lowest BCUT2D eigenvalue weighted by atomic mass is 10.1. The molecular weight excluding hydrogens is 310 g/mol. The molecule has 0 N–H and O–H groups in total. The first kappa shape index (κ1) is 13.2. The number of nitrogens with zero attached hydrogens (tertiary/aromatic N) is 1. The summed E-state index contributed by atoms with van der Waals surface area (Å²) >= 11 is 3.58. The van der Waals surface area contributed by atoms with Crippen LogP contribution in [0.3, 0.4) is 0 Å². The van der Waals surface area contributed by atoms with Gasteiger partial charge in [-0.15, -0.1) is 0 Å². The third-order valence-corrected chi connectivity index (χ3v) is 4.05. The maximum atomic E-state index is 3.58. The molecule has 1 aliphatic carbocycles. The Morgan fingerprint density at radius 3 is 1.70 bits per heavy atom. The Hall–Kier alpha value is -1.80. The van der Waals surface area contributed by atoms with E-state index in [0.717, 1.165) is 12.8 Å². The van der Waals surface area contributed by atoms with Gasteiger partial charge in [0.15, 0.2) is 0 Å². The van der Waals surface area contributed by atoms with Crippen molar-refractivity contribution in [1.82, 2.24) is 0 Å². The predicted octanol–water partition coefficient (Wildman–Crippen LogP) is 5.78. The van der Waals surface area contributed by atoms with E-state index < -0.39 is 0 Å². The molecular formula is C18H16BrN. The summed E-state index contributed by atoms with van der Waals surface area (Å²) in [6.45, 7) is 0. The van der Waals surface area contributed by atoms with Crippen LogP contribution < -0.4 is 4.90 Å². The van der Waals surface area contributed by atoms with Crippen molar-refractivity contribution in [2.45, 2.75) is 12.8 Å². The zero-order valence-corrected chi connectivity index (χ0v) is 12.8. The molecule has 0 spiro atoms. The summed E-state index contributed by atoms with van der Waals surface area (Å²) in [6.07, 6.45) is 6.45. The summed E-state index contributed by atoms with van der Waals surface area (Å²) in [5, 5.41) is 0. The lowest BCUT2D eigenvalue weighted by molar-refractivity contribution is 0.911. The Morgan fingerprint density at radius 2 is 1.25 bits per heavy atom. The summed E-state index contributed by atoms with van der Waals surface area (Å²) in [5.41, 5.74) is 3.73. The molecule has 2 aromatic carbocycles. The third kappa shape index (κ3) is 2.86. The van der Waals surface area contributed by atoms with Crippen LogP contribution in [-0.2, 0) is 0 Å². The van der Waals surface area contributed by atoms with Gasteiger partial charge in [-0.2, -0.15) is 0 Å². The molecule has 0 atom stereocenters. The van der Waals surface area contributed by atoms with Gasteiger partial charge < -0.3 is 4.90 Å². The third-order valence-electron chi connectivity index (χ3n) is 3.39. The van der Waals surface area contributed by atoms with Gasteiger partial charge in [-0.05, 0) is 47.7 Å². The van der Waals surface area contributed by atoms with E-state index in [2.05, 4.69) is 93.6 Å². The van der Waals surface area contributed by atoms with Crippen molar-refractivity contribution < 1.29 is 0 Å². The van der Waals surface area contributed by atoms with Gasteiger partial charge in [-0.3, -0.25) is 0 Å². The quantitative estimate of drug-likeness (QED) is 0.691. The average molecular weight is 326 g/mol. The Bertz CT molecular complexity index is 589. The fourth-order valence-electron chi connectivity index (χ4n) is 2.42.